The maximum atomic E-state index is 12.6. The van der Waals surface area contributed by atoms with E-state index in [1.165, 1.54) is 0 Å². The van der Waals surface area contributed by atoms with Gasteiger partial charge in [0.1, 0.15) is 0 Å². The fourth-order valence-electron chi connectivity index (χ4n) is 1.64. The summed E-state index contributed by atoms with van der Waals surface area (Å²) in [5.74, 6) is 0. The van der Waals surface area contributed by atoms with Crippen LogP contribution in [0.5, 0.6) is 0 Å². The Morgan fingerprint density at radius 2 is 1.77 bits per heavy atom. The van der Waals surface area contributed by atoms with E-state index in [9.17, 15) is 4.39 Å². The molecule has 1 nitrogen and oxygen atoms in total. The van der Waals surface area contributed by atoms with Gasteiger partial charge in [-0.05, 0) is 39.2 Å². The molecular weight excluding hydrogens is 189 g/mol. The molecule has 13 heavy (non-hydrogen) atoms. The molecule has 1 aliphatic heterocycles. The minimum Gasteiger partial charge on any atom is -0.298 e. The molecule has 0 unspecified atom stereocenters. The second-order valence-corrected chi connectivity index (χ2v) is 4.85. The monoisotopic (exact) mass is 205 g/mol. The first-order valence-corrected chi connectivity index (χ1v) is 5.07. The van der Waals surface area contributed by atoms with Crippen molar-refractivity contribution in [1.29, 1.82) is 0 Å². The average Bonchev–Trinajstić information content (AvgIpc) is 2.03. The highest BCUT2D eigenvalue weighted by Crippen LogP contribution is 2.26. The molecule has 0 saturated carbocycles. The Morgan fingerprint density at radius 3 is 2.08 bits per heavy atom. The van der Waals surface area contributed by atoms with Gasteiger partial charge in [0.15, 0.2) is 5.29 Å². The van der Waals surface area contributed by atoms with Crippen LogP contribution in [0.3, 0.4) is 0 Å². The van der Waals surface area contributed by atoms with Crippen molar-refractivity contribution in [2.75, 3.05) is 13.1 Å². The van der Waals surface area contributed by atoms with Crippen molar-refractivity contribution in [3.05, 3.63) is 10.9 Å². The van der Waals surface area contributed by atoms with Gasteiger partial charge >= 0.3 is 0 Å². The number of hydrogen-bond acceptors (Lipinski definition) is 1. The first-order chi connectivity index (χ1) is 5.91. The molecular formula is C10H17ClFN. The number of piperidine rings is 1. The smallest absolute Gasteiger partial charge is 0.188 e. The molecule has 0 aromatic carbocycles. The lowest BCUT2D eigenvalue weighted by atomic mass is 9.98. The van der Waals surface area contributed by atoms with Crippen LogP contribution in [0.1, 0.15) is 33.6 Å². The molecule has 0 N–H and O–H groups in total. The highest BCUT2D eigenvalue weighted by molar-refractivity contribution is 6.28. The lowest BCUT2D eigenvalue weighted by Gasteiger charge is -2.38. The highest BCUT2D eigenvalue weighted by Gasteiger charge is 2.25. The maximum Gasteiger partial charge on any atom is 0.188 e. The van der Waals surface area contributed by atoms with E-state index in [2.05, 4.69) is 25.7 Å². The lowest BCUT2D eigenvalue weighted by molar-refractivity contribution is 0.125. The van der Waals surface area contributed by atoms with Crippen molar-refractivity contribution in [3.8, 4) is 0 Å². The van der Waals surface area contributed by atoms with Gasteiger partial charge in [-0.3, -0.25) is 4.90 Å². The van der Waals surface area contributed by atoms with E-state index in [0.29, 0.717) is 0 Å². The molecule has 1 aliphatic rings. The summed E-state index contributed by atoms with van der Waals surface area (Å²) in [6, 6.07) is 0. The molecule has 0 aromatic rings. The summed E-state index contributed by atoms with van der Waals surface area (Å²) in [5, 5.41) is -0.492. The van der Waals surface area contributed by atoms with E-state index in [4.69, 9.17) is 11.6 Å². The Balaban J connectivity index is 2.54. The van der Waals surface area contributed by atoms with Crippen molar-refractivity contribution in [2.24, 2.45) is 0 Å². The fourth-order valence-corrected chi connectivity index (χ4v) is 1.83. The van der Waals surface area contributed by atoms with E-state index in [1.54, 1.807) is 0 Å². The van der Waals surface area contributed by atoms with E-state index in [0.717, 1.165) is 31.5 Å². The standard InChI is InChI=1S/C10H17ClFN/c1-10(2,3)13-6-4-8(5-7-13)9(11)12/h4-7H2,1-3H3. The van der Waals surface area contributed by atoms with Crippen LogP contribution in [0.2, 0.25) is 0 Å². The zero-order valence-corrected chi connectivity index (χ0v) is 9.29. The predicted octanol–water partition coefficient (Wildman–Crippen LogP) is 3.30. The predicted molar refractivity (Wildman–Crippen MR) is 54.5 cm³/mol. The summed E-state index contributed by atoms with van der Waals surface area (Å²) in [7, 11) is 0. The number of halogens is 2. The Bertz CT molecular complexity index is 203. The van der Waals surface area contributed by atoms with Crippen LogP contribution in [-0.4, -0.2) is 23.5 Å². The second kappa shape index (κ2) is 3.97. The van der Waals surface area contributed by atoms with Crippen molar-refractivity contribution in [2.45, 2.75) is 39.2 Å². The van der Waals surface area contributed by atoms with E-state index < -0.39 is 5.29 Å². The minimum atomic E-state index is -0.492. The van der Waals surface area contributed by atoms with Crippen LogP contribution in [0.4, 0.5) is 4.39 Å². The summed E-state index contributed by atoms with van der Waals surface area (Å²) in [4.78, 5) is 2.36. The van der Waals surface area contributed by atoms with Gasteiger partial charge in [-0.25, -0.2) is 0 Å². The number of hydrogen-bond donors (Lipinski definition) is 0. The summed E-state index contributed by atoms with van der Waals surface area (Å²) in [6.45, 7) is 8.37. The highest BCUT2D eigenvalue weighted by atomic mass is 35.5. The molecule has 0 bridgehead atoms. The minimum absolute atomic E-state index is 0.189. The van der Waals surface area contributed by atoms with Crippen LogP contribution >= 0.6 is 11.6 Å². The molecule has 0 atom stereocenters. The molecule has 1 saturated heterocycles. The van der Waals surface area contributed by atoms with E-state index in [1.807, 2.05) is 0 Å². The Morgan fingerprint density at radius 1 is 1.31 bits per heavy atom. The Hall–Kier alpha value is -0.0800. The average molecular weight is 206 g/mol. The van der Waals surface area contributed by atoms with Gasteiger partial charge in [-0.15, -0.1) is 0 Å². The zero-order valence-electron chi connectivity index (χ0n) is 8.53. The van der Waals surface area contributed by atoms with Gasteiger partial charge in [0.2, 0.25) is 0 Å². The van der Waals surface area contributed by atoms with Crippen molar-refractivity contribution in [3.63, 3.8) is 0 Å². The number of rotatable bonds is 0. The summed E-state index contributed by atoms with van der Waals surface area (Å²) in [5.41, 5.74) is 0.969. The molecule has 1 rings (SSSR count). The number of nitrogens with zero attached hydrogens (tertiary/aromatic N) is 1. The van der Waals surface area contributed by atoms with Gasteiger partial charge < -0.3 is 0 Å². The third-order valence-corrected chi connectivity index (χ3v) is 2.85. The summed E-state index contributed by atoms with van der Waals surface area (Å²) in [6.07, 6.45) is 1.54. The number of likely N-dealkylation sites (tertiary alicyclic amines) is 1. The van der Waals surface area contributed by atoms with Gasteiger partial charge in [0.25, 0.3) is 0 Å². The van der Waals surface area contributed by atoms with Crippen molar-refractivity contribution in [1.82, 2.24) is 4.90 Å². The van der Waals surface area contributed by atoms with Crippen LogP contribution in [0.25, 0.3) is 0 Å². The molecule has 0 aromatic heterocycles. The van der Waals surface area contributed by atoms with Crippen LogP contribution < -0.4 is 0 Å². The quantitative estimate of drug-likeness (QED) is 0.587. The summed E-state index contributed by atoms with van der Waals surface area (Å²) >= 11 is 5.31. The maximum absolute atomic E-state index is 12.6. The molecule has 1 heterocycles. The van der Waals surface area contributed by atoms with E-state index >= 15 is 0 Å². The molecule has 76 valence electrons. The molecule has 0 amide bonds. The first-order valence-electron chi connectivity index (χ1n) is 4.69. The summed E-state index contributed by atoms with van der Waals surface area (Å²) < 4.78 is 12.6. The molecule has 3 heteroatoms. The first kappa shape index (κ1) is 11.0. The Kier molecular flexibility index (Phi) is 3.36. The third-order valence-electron chi connectivity index (χ3n) is 2.58. The largest absolute Gasteiger partial charge is 0.298 e. The van der Waals surface area contributed by atoms with Crippen molar-refractivity contribution >= 4 is 11.6 Å². The van der Waals surface area contributed by atoms with Crippen LogP contribution in [0.15, 0.2) is 10.9 Å². The van der Waals surface area contributed by atoms with E-state index in [-0.39, 0.29) is 5.54 Å². The third kappa shape index (κ3) is 2.96. The molecule has 0 spiro atoms. The normalized spacial score (nSPS) is 20.5. The van der Waals surface area contributed by atoms with Crippen LogP contribution in [0, 0.1) is 0 Å². The second-order valence-electron chi connectivity index (χ2n) is 4.52. The van der Waals surface area contributed by atoms with Gasteiger partial charge in [-0.1, -0.05) is 11.6 Å². The van der Waals surface area contributed by atoms with Gasteiger partial charge in [0, 0.05) is 18.6 Å². The fraction of sp³-hybridized carbons (Fsp3) is 0.800. The SMILES string of the molecule is CC(C)(C)N1CCC(=C(F)Cl)CC1. The molecule has 0 aliphatic carbocycles. The Labute approximate surface area is 84.6 Å². The zero-order chi connectivity index (χ0) is 10.1. The van der Waals surface area contributed by atoms with Gasteiger partial charge in [-0.2, -0.15) is 4.39 Å². The van der Waals surface area contributed by atoms with Crippen LogP contribution in [-0.2, 0) is 0 Å². The van der Waals surface area contributed by atoms with Gasteiger partial charge in [0.05, 0.1) is 0 Å². The lowest BCUT2D eigenvalue weighted by Crippen LogP contribution is -2.44. The topological polar surface area (TPSA) is 3.24 Å². The molecule has 0 radical (unpaired) electrons. The van der Waals surface area contributed by atoms with Crippen molar-refractivity contribution < 1.29 is 4.39 Å². The molecule has 1 fully saturated rings.